The van der Waals surface area contributed by atoms with Gasteiger partial charge in [0.25, 0.3) is 0 Å². The van der Waals surface area contributed by atoms with Crippen molar-refractivity contribution in [2.24, 2.45) is 0 Å². The van der Waals surface area contributed by atoms with Crippen LogP contribution in [0.5, 0.6) is 0 Å². The van der Waals surface area contributed by atoms with Crippen molar-refractivity contribution in [1.29, 1.82) is 0 Å². The molecule has 0 saturated heterocycles. The third kappa shape index (κ3) is 3.38. The molecule has 0 fully saturated rings. The van der Waals surface area contributed by atoms with E-state index in [9.17, 15) is 4.79 Å². The minimum Gasteiger partial charge on any atom is -0.308 e. The molecule has 0 aliphatic rings. The molecule has 0 bridgehead atoms. The van der Waals surface area contributed by atoms with Gasteiger partial charge in [0.1, 0.15) is 0 Å². The van der Waals surface area contributed by atoms with Crippen molar-refractivity contribution in [3.05, 3.63) is 58.7 Å². The van der Waals surface area contributed by atoms with Gasteiger partial charge in [-0.05, 0) is 56.5 Å². The zero-order valence-electron chi connectivity index (χ0n) is 12.4. The van der Waals surface area contributed by atoms with Crippen LogP contribution in [-0.2, 0) is 0 Å². The first-order valence-corrected chi connectivity index (χ1v) is 6.68. The molecule has 104 valence electrons. The number of carbonyl (C=O) groups is 1. The number of amides is 2. The van der Waals surface area contributed by atoms with Crippen LogP contribution in [0.25, 0.3) is 0 Å². The fraction of sp³-hybridized carbons (Fsp3) is 0.235. The molecule has 2 N–H and O–H groups in total. The Balaban J connectivity index is 2.13. The van der Waals surface area contributed by atoms with Crippen LogP contribution < -0.4 is 10.6 Å². The maximum Gasteiger partial charge on any atom is 0.323 e. The third-order valence-corrected chi connectivity index (χ3v) is 3.19. The first-order valence-electron chi connectivity index (χ1n) is 6.68. The van der Waals surface area contributed by atoms with Crippen LogP contribution in [0.2, 0.25) is 0 Å². The highest BCUT2D eigenvalue weighted by atomic mass is 16.2. The van der Waals surface area contributed by atoms with Crippen molar-refractivity contribution in [3.8, 4) is 0 Å². The van der Waals surface area contributed by atoms with Crippen molar-refractivity contribution in [2.75, 3.05) is 10.6 Å². The summed E-state index contributed by atoms with van der Waals surface area (Å²) >= 11 is 0. The first kappa shape index (κ1) is 14.1. The Morgan fingerprint density at radius 3 is 2.10 bits per heavy atom. The number of hydrogen-bond donors (Lipinski definition) is 2. The van der Waals surface area contributed by atoms with Crippen molar-refractivity contribution in [1.82, 2.24) is 0 Å². The van der Waals surface area contributed by atoms with E-state index in [2.05, 4.69) is 29.7 Å². The molecule has 0 radical (unpaired) electrons. The number of rotatable bonds is 2. The highest BCUT2D eigenvalue weighted by Gasteiger charge is 2.08. The van der Waals surface area contributed by atoms with Gasteiger partial charge in [-0.2, -0.15) is 0 Å². The monoisotopic (exact) mass is 268 g/mol. The predicted octanol–water partition coefficient (Wildman–Crippen LogP) is 4.56. The summed E-state index contributed by atoms with van der Waals surface area (Å²) in [6.45, 7) is 8.05. The van der Waals surface area contributed by atoms with E-state index in [-0.39, 0.29) is 6.03 Å². The van der Waals surface area contributed by atoms with Crippen LogP contribution in [0.15, 0.2) is 36.4 Å². The Kier molecular flexibility index (Phi) is 4.08. The van der Waals surface area contributed by atoms with E-state index >= 15 is 0 Å². The summed E-state index contributed by atoms with van der Waals surface area (Å²) in [6, 6.07) is 11.6. The topological polar surface area (TPSA) is 41.1 Å². The highest BCUT2D eigenvalue weighted by molar-refractivity contribution is 6.00. The fourth-order valence-electron chi connectivity index (χ4n) is 2.38. The number of aryl methyl sites for hydroxylation is 4. The molecule has 0 aliphatic carbocycles. The van der Waals surface area contributed by atoms with Gasteiger partial charge in [0.2, 0.25) is 0 Å². The summed E-state index contributed by atoms with van der Waals surface area (Å²) in [6.07, 6.45) is 0. The molecule has 2 rings (SSSR count). The summed E-state index contributed by atoms with van der Waals surface area (Å²) in [5.41, 5.74) is 6.13. The van der Waals surface area contributed by atoms with Crippen LogP contribution in [0.4, 0.5) is 16.2 Å². The van der Waals surface area contributed by atoms with Crippen molar-refractivity contribution in [3.63, 3.8) is 0 Å². The highest BCUT2D eigenvalue weighted by Crippen LogP contribution is 2.22. The molecule has 0 aromatic heterocycles. The van der Waals surface area contributed by atoms with E-state index in [1.165, 1.54) is 5.56 Å². The second-order valence-electron chi connectivity index (χ2n) is 5.22. The van der Waals surface area contributed by atoms with Crippen LogP contribution >= 0.6 is 0 Å². The molecule has 20 heavy (non-hydrogen) atoms. The van der Waals surface area contributed by atoms with E-state index in [4.69, 9.17) is 0 Å². The van der Waals surface area contributed by atoms with Gasteiger partial charge in [0.05, 0.1) is 0 Å². The first-order chi connectivity index (χ1) is 9.45. The number of hydrogen-bond acceptors (Lipinski definition) is 1. The molecular formula is C17H20N2O. The zero-order chi connectivity index (χ0) is 14.7. The van der Waals surface area contributed by atoms with Gasteiger partial charge in [0, 0.05) is 11.4 Å². The molecule has 0 saturated carbocycles. The molecule has 3 heteroatoms. The molecule has 0 atom stereocenters. The summed E-state index contributed by atoms with van der Waals surface area (Å²) in [5, 5.41) is 5.77. The number of benzene rings is 2. The van der Waals surface area contributed by atoms with Gasteiger partial charge in [0.15, 0.2) is 0 Å². The van der Waals surface area contributed by atoms with Crippen LogP contribution in [0.3, 0.4) is 0 Å². The SMILES string of the molecule is Cc1cccc(NC(=O)Nc2c(C)cc(C)cc2C)c1. The van der Waals surface area contributed by atoms with E-state index in [1.54, 1.807) is 0 Å². The molecule has 0 heterocycles. The van der Waals surface area contributed by atoms with Crippen LogP contribution in [0, 0.1) is 27.7 Å². The van der Waals surface area contributed by atoms with E-state index < -0.39 is 0 Å². The Morgan fingerprint density at radius 1 is 0.850 bits per heavy atom. The number of urea groups is 1. The number of anilines is 2. The summed E-state index contributed by atoms with van der Waals surface area (Å²) in [4.78, 5) is 12.1. The predicted molar refractivity (Wildman–Crippen MR) is 84.5 cm³/mol. The third-order valence-electron chi connectivity index (χ3n) is 3.19. The van der Waals surface area contributed by atoms with Crippen LogP contribution in [-0.4, -0.2) is 6.03 Å². The van der Waals surface area contributed by atoms with Gasteiger partial charge < -0.3 is 10.6 Å². The quantitative estimate of drug-likeness (QED) is 0.823. The van der Waals surface area contributed by atoms with Gasteiger partial charge in [-0.3, -0.25) is 0 Å². The van der Waals surface area contributed by atoms with Gasteiger partial charge >= 0.3 is 6.03 Å². The summed E-state index contributed by atoms with van der Waals surface area (Å²) < 4.78 is 0. The van der Waals surface area contributed by atoms with E-state index in [0.717, 1.165) is 28.1 Å². The van der Waals surface area contributed by atoms with E-state index in [1.807, 2.05) is 45.0 Å². The Morgan fingerprint density at radius 2 is 1.50 bits per heavy atom. The van der Waals surface area contributed by atoms with Crippen molar-refractivity contribution >= 4 is 17.4 Å². The largest absolute Gasteiger partial charge is 0.323 e. The molecule has 0 unspecified atom stereocenters. The molecule has 0 spiro atoms. The van der Waals surface area contributed by atoms with E-state index in [0.29, 0.717) is 0 Å². The fourth-order valence-corrected chi connectivity index (χ4v) is 2.38. The summed E-state index contributed by atoms with van der Waals surface area (Å²) in [5.74, 6) is 0. The number of nitrogens with one attached hydrogen (secondary N) is 2. The zero-order valence-corrected chi connectivity index (χ0v) is 12.4. The smallest absolute Gasteiger partial charge is 0.308 e. The van der Waals surface area contributed by atoms with Gasteiger partial charge in [-0.15, -0.1) is 0 Å². The lowest BCUT2D eigenvalue weighted by molar-refractivity contribution is 0.262. The maximum absolute atomic E-state index is 12.1. The number of carbonyl (C=O) groups excluding carboxylic acids is 1. The molecule has 0 aliphatic heterocycles. The van der Waals surface area contributed by atoms with Crippen molar-refractivity contribution < 1.29 is 4.79 Å². The molecule has 3 nitrogen and oxygen atoms in total. The lowest BCUT2D eigenvalue weighted by atomic mass is 10.1. The average molecular weight is 268 g/mol. The molecule has 2 aromatic carbocycles. The second kappa shape index (κ2) is 5.78. The summed E-state index contributed by atoms with van der Waals surface area (Å²) in [7, 11) is 0. The minimum atomic E-state index is -0.217. The van der Waals surface area contributed by atoms with Crippen molar-refractivity contribution in [2.45, 2.75) is 27.7 Å². The average Bonchev–Trinajstić information content (AvgIpc) is 2.33. The Labute approximate surface area is 120 Å². The molecule has 2 amide bonds. The lowest BCUT2D eigenvalue weighted by Crippen LogP contribution is -2.20. The second-order valence-corrected chi connectivity index (χ2v) is 5.22. The Hall–Kier alpha value is -2.29. The minimum absolute atomic E-state index is 0.217. The standard InChI is InChI=1S/C17H20N2O/c1-11-6-5-7-15(10-11)18-17(20)19-16-13(3)8-12(2)9-14(16)4/h5-10H,1-4H3,(H2,18,19,20). The Bertz CT molecular complexity index is 624. The molecular weight excluding hydrogens is 248 g/mol. The maximum atomic E-state index is 12.1. The lowest BCUT2D eigenvalue weighted by Gasteiger charge is -2.13. The molecule has 2 aromatic rings. The normalized spacial score (nSPS) is 10.2. The van der Waals surface area contributed by atoms with Gasteiger partial charge in [-0.25, -0.2) is 4.79 Å². The van der Waals surface area contributed by atoms with Crippen LogP contribution in [0.1, 0.15) is 22.3 Å². The van der Waals surface area contributed by atoms with Gasteiger partial charge in [-0.1, -0.05) is 29.8 Å².